The van der Waals surface area contributed by atoms with Crippen LogP contribution in [0.15, 0.2) is 18.5 Å². The molecule has 0 radical (unpaired) electrons. The first-order chi connectivity index (χ1) is 6.61. The van der Waals surface area contributed by atoms with Crippen molar-refractivity contribution in [2.75, 3.05) is 0 Å². The van der Waals surface area contributed by atoms with E-state index in [1.165, 1.54) is 0 Å². The van der Waals surface area contributed by atoms with E-state index < -0.39 is 0 Å². The Bertz CT molecular complexity index is 326. The van der Waals surface area contributed by atoms with Crippen LogP contribution < -0.4 is 5.32 Å². The molecule has 0 fully saturated rings. The van der Waals surface area contributed by atoms with E-state index in [-0.39, 0.29) is 10.7 Å². The highest BCUT2D eigenvalue weighted by Crippen LogP contribution is 2.05. The van der Waals surface area contributed by atoms with Crippen LogP contribution in [0.4, 0.5) is 0 Å². The van der Waals surface area contributed by atoms with Gasteiger partial charge in [0.25, 0.3) is 0 Å². The normalized spacial score (nSPS) is 12.2. The van der Waals surface area contributed by atoms with Gasteiger partial charge < -0.3 is 5.32 Å². The monoisotopic (exact) mass is 256 g/mol. The second-order valence-electron chi connectivity index (χ2n) is 3.14. The van der Waals surface area contributed by atoms with Crippen molar-refractivity contribution >= 4 is 21.8 Å². The Labute approximate surface area is 92.1 Å². The number of alkyl halides is 1. The van der Waals surface area contributed by atoms with Crippen LogP contribution in [-0.2, 0) is 11.3 Å². The van der Waals surface area contributed by atoms with Gasteiger partial charge in [0.15, 0.2) is 0 Å². The Morgan fingerprint density at radius 3 is 3.00 bits per heavy atom. The van der Waals surface area contributed by atoms with Crippen LogP contribution in [0.3, 0.4) is 0 Å². The number of halogens is 1. The number of carbonyl (C=O) groups excluding carboxylic acids is 1. The molecule has 0 aliphatic carbocycles. The lowest BCUT2D eigenvalue weighted by Crippen LogP contribution is -2.29. The zero-order chi connectivity index (χ0) is 10.6. The van der Waals surface area contributed by atoms with Gasteiger partial charge in [0.05, 0.1) is 4.83 Å². The molecular formula is C10H13BrN2O. The highest BCUT2D eigenvalue weighted by Gasteiger charge is 2.07. The number of hydrogen-bond donors (Lipinski definition) is 1. The number of aryl methyl sites for hydroxylation is 1. The summed E-state index contributed by atoms with van der Waals surface area (Å²) in [5, 5.41) is 2.83. The third kappa shape index (κ3) is 3.10. The zero-order valence-corrected chi connectivity index (χ0v) is 9.84. The number of pyridine rings is 1. The molecule has 0 saturated heterocycles. The van der Waals surface area contributed by atoms with Crippen molar-refractivity contribution in [2.24, 2.45) is 0 Å². The highest BCUT2D eigenvalue weighted by atomic mass is 79.9. The fourth-order valence-electron chi connectivity index (χ4n) is 1.02. The molecule has 1 amide bonds. The largest absolute Gasteiger partial charge is 0.351 e. The molecule has 1 atom stereocenters. The van der Waals surface area contributed by atoms with Crippen LogP contribution in [0.5, 0.6) is 0 Å². The first-order valence-corrected chi connectivity index (χ1v) is 5.34. The topological polar surface area (TPSA) is 42.0 Å². The maximum Gasteiger partial charge on any atom is 0.233 e. The second-order valence-corrected chi connectivity index (χ2v) is 4.51. The van der Waals surface area contributed by atoms with Crippen LogP contribution in [0.1, 0.15) is 18.1 Å². The molecule has 1 aromatic heterocycles. The van der Waals surface area contributed by atoms with E-state index in [1.54, 1.807) is 19.3 Å². The van der Waals surface area contributed by atoms with Crippen molar-refractivity contribution in [2.45, 2.75) is 25.2 Å². The summed E-state index contributed by atoms with van der Waals surface area (Å²) < 4.78 is 0. The van der Waals surface area contributed by atoms with Crippen LogP contribution in [-0.4, -0.2) is 15.7 Å². The summed E-state index contributed by atoms with van der Waals surface area (Å²) in [5.41, 5.74) is 2.19. The molecule has 0 saturated carbocycles. The van der Waals surface area contributed by atoms with Gasteiger partial charge in [-0.05, 0) is 31.0 Å². The van der Waals surface area contributed by atoms with Gasteiger partial charge in [-0.15, -0.1) is 0 Å². The van der Waals surface area contributed by atoms with E-state index in [4.69, 9.17) is 0 Å². The van der Waals surface area contributed by atoms with E-state index in [0.29, 0.717) is 6.54 Å². The minimum absolute atomic E-state index is 0.00112. The zero-order valence-electron chi connectivity index (χ0n) is 8.25. The van der Waals surface area contributed by atoms with Gasteiger partial charge in [-0.2, -0.15) is 0 Å². The molecule has 4 heteroatoms. The highest BCUT2D eigenvalue weighted by molar-refractivity contribution is 9.10. The Kier molecular flexibility index (Phi) is 4.07. The average molecular weight is 257 g/mol. The van der Waals surface area contributed by atoms with E-state index in [0.717, 1.165) is 11.1 Å². The molecule has 0 aromatic carbocycles. The average Bonchev–Trinajstić information content (AvgIpc) is 2.16. The summed E-state index contributed by atoms with van der Waals surface area (Å²) in [4.78, 5) is 15.1. The van der Waals surface area contributed by atoms with E-state index >= 15 is 0 Å². The molecule has 1 unspecified atom stereocenters. The lowest BCUT2D eigenvalue weighted by molar-refractivity contribution is -0.120. The summed E-state index contributed by atoms with van der Waals surface area (Å²) in [6, 6.07) is 1.91. The number of aromatic nitrogens is 1. The number of rotatable bonds is 3. The molecular weight excluding hydrogens is 244 g/mol. The third-order valence-corrected chi connectivity index (χ3v) is 2.37. The Balaban J connectivity index is 2.54. The summed E-state index contributed by atoms with van der Waals surface area (Å²) >= 11 is 3.21. The summed E-state index contributed by atoms with van der Waals surface area (Å²) in [6.07, 6.45) is 3.52. The number of hydrogen-bond acceptors (Lipinski definition) is 2. The third-order valence-electron chi connectivity index (χ3n) is 1.95. The van der Waals surface area contributed by atoms with Crippen LogP contribution in [0.2, 0.25) is 0 Å². The van der Waals surface area contributed by atoms with Crippen molar-refractivity contribution in [3.05, 3.63) is 29.6 Å². The Hall–Kier alpha value is -0.900. The van der Waals surface area contributed by atoms with Gasteiger partial charge >= 0.3 is 0 Å². The van der Waals surface area contributed by atoms with Gasteiger partial charge in [0.2, 0.25) is 5.91 Å². The van der Waals surface area contributed by atoms with Crippen LogP contribution in [0, 0.1) is 6.92 Å². The van der Waals surface area contributed by atoms with E-state index in [1.807, 2.05) is 13.0 Å². The van der Waals surface area contributed by atoms with E-state index in [9.17, 15) is 4.79 Å². The first kappa shape index (κ1) is 11.2. The lowest BCUT2D eigenvalue weighted by Gasteiger charge is -2.08. The Morgan fingerprint density at radius 2 is 2.43 bits per heavy atom. The van der Waals surface area contributed by atoms with Crippen LogP contribution in [0.25, 0.3) is 0 Å². The van der Waals surface area contributed by atoms with Gasteiger partial charge in [-0.25, -0.2) is 0 Å². The predicted molar refractivity (Wildman–Crippen MR) is 59.2 cm³/mol. The lowest BCUT2D eigenvalue weighted by atomic mass is 10.1. The predicted octanol–water partition coefficient (Wildman–Crippen LogP) is 1.79. The van der Waals surface area contributed by atoms with Gasteiger partial charge in [-0.3, -0.25) is 9.78 Å². The maximum atomic E-state index is 11.3. The minimum atomic E-state index is -0.148. The van der Waals surface area contributed by atoms with Gasteiger partial charge in [0, 0.05) is 18.9 Å². The minimum Gasteiger partial charge on any atom is -0.351 e. The van der Waals surface area contributed by atoms with Gasteiger partial charge in [-0.1, -0.05) is 15.9 Å². The molecule has 1 aromatic rings. The van der Waals surface area contributed by atoms with Crippen molar-refractivity contribution in [3.63, 3.8) is 0 Å². The second kappa shape index (κ2) is 5.10. The summed E-state index contributed by atoms with van der Waals surface area (Å²) in [5.74, 6) is 0.00112. The SMILES string of the molecule is Cc1cnccc1CNC(=O)C(C)Br. The maximum absolute atomic E-state index is 11.3. The van der Waals surface area contributed by atoms with Gasteiger partial charge in [0.1, 0.15) is 0 Å². The molecule has 1 N–H and O–H groups in total. The fraction of sp³-hybridized carbons (Fsp3) is 0.400. The number of nitrogens with zero attached hydrogens (tertiary/aromatic N) is 1. The Morgan fingerprint density at radius 1 is 1.71 bits per heavy atom. The summed E-state index contributed by atoms with van der Waals surface area (Å²) in [6.45, 7) is 4.34. The van der Waals surface area contributed by atoms with Crippen molar-refractivity contribution in [1.82, 2.24) is 10.3 Å². The molecule has 0 aliphatic rings. The van der Waals surface area contributed by atoms with Crippen molar-refractivity contribution in [3.8, 4) is 0 Å². The number of carbonyl (C=O) groups is 1. The molecule has 1 rings (SSSR count). The quantitative estimate of drug-likeness (QED) is 0.839. The van der Waals surface area contributed by atoms with Crippen molar-refractivity contribution < 1.29 is 4.79 Å². The summed E-state index contributed by atoms with van der Waals surface area (Å²) in [7, 11) is 0. The molecule has 0 bridgehead atoms. The number of nitrogens with one attached hydrogen (secondary N) is 1. The first-order valence-electron chi connectivity index (χ1n) is 4.42. The molecule has 1 heterocycles. The molecule has 76 valence electrons. The van der Waals surface area contributed by atoms with Crippen molar-refractivity contribution in [1.29, 1.82) is 0 Å². The molecule has 0 spiro atoms. The molecule has 0 aliphatic heterocycles. The van der Waals surface area contributed by atoms with E-state index in [2.05, 4.69) is 26.2 Å². The van der Waals surface area contributed by atoms with Crippen LogP contribution >= 0.6 is 15.9 Å². The molecule has 3 nitrogen and oxygen atoms in total. The standard InChI is InChI=1S/C10H13BrN2O/c1-7-5-12-4-3-9(7)6-13-10(14)8(2)11/h3-5,8H,6H2,1-2H3,(H,13,14). The smallest absolute Gasteiger partial charge is 0.233 e. The number of amides is 1. The molecule has 14 heavy (non-hydrogen) atoms. The fourth-order valence-corrected chi connectivity index (χ4v) is 1.19.